The first-order valence-corrected chi connectivity index (χ1v) is 13.3. The molecule has 0 unspecified atom stereocenters. The van der Waals surface area contributed by atoms with E-state index in [0.29, 0.717) is 29.9 Å². The van der Waals surface area contributed by atoms with Gasteiger partial charge in [-0.2, -0.15) is 5.26 Å². The first kappa shape index (κ1) is 24.0. The van der Waals surface area contributed by atoms with Crippen molar-refractivity contribution in [3.63, 3.8) is 0 Å². The van der Waals surface area contributed by atoms with Gasteiger partial charge in [0.2, 0.25) is 0 Å². The number of piperazine rings is 1. The number of benzene rings is 2. The molecule has 3 aromatic rings. The predicted molar refractivity (Wildman–Crippen MR) is 144 cm³/mol. The van der Waals surface area contributed by atoms with E-state index in [2.05, 4.69) is 40.8 Å². The predicted octanol–water partition coefficient (Wildman–Crippen LogP) is 4.61. The Hall–Kier alpha value is -3.34. The maximum absolute atomic E-state index is 14.0. The third-order valence-corrected chi connectivity index (χ3v) is 8.59. The number of fused-ring (bicyclic) bond motifs is 4. The van der Waals surface area contributed by atoms with Crippen LogP contribution in [0.3, 0.4) is 0 Å². The van der Waals surface area contributed by atoms with E-state index in [-0.39, 0.29) is 5.78 Å². The number of aromatic nitrogens is 1. The second-order valence-corrected chi connectivity index (χ2v) is 11.0. The number of nitrogens with one attached hydrogen (secondary N) is 1. The summed E-state index contributed by atoms with van der Waals surface area (Å²) in [6.07, 6.45) is 4.00. The van der Waals surface area contributed by atoms with Crippen molar-refractivity contribution >= 4 is 22.4 Å². The molecule has 0 spiro atoms. The minimum Gasteiger partial charge on any atom is -0.489 e. The summed E-state index contributed by atoms with van der Waals surface area (Å²) in [5.41, 5.74) is 5.33. The number of carbonyl (C=O) groups excluding carboxylic acids is 1. The number of carbonyl (C=O) groups is 1. The molecule has 2 aromatic carbocycles. The molecule has 7 heteroatoms. The SMILES string of the molecule is COCCOc1cc2c(cc1N1CCN(C3CCC3)CC1)C(C)(C)c1[nH]c3cc(C#N)ccc3c1C2=O. The summed E-state index contributed by atoms with van der Waals surface area (Å²) in [5.74, 6) is 0.741. The number of ether oxygens (including phenoxy) is 2. The first-order valence-electron chi connectivity index (χ1n) is 13.3. The van der Waals surface area contributed by atoms with Crippen LogP contribution in [0, 0.1) is 11.3 Å². The molecule has 1 aromatic heterocycles. The van der Waals surface area contributed by atoms with Gasteiger partial charge in [-0.05, 0) is 42.7 Å². The molecule has 7 nitrogen and oxygen atoms in total. The lowest BCUT2D eigenvalue weighted by atomic mass is 9.71. The molecule has 0 radical (unpaired) electrons. The summed E-state index contributed by atoms with van der Waals surface area (Å²) in [5, 5.41) is 10.2. The van der Waals surface area contributed by atoms with E-state index >= 15 is 0 Å². The lowest BCUT2D eigenvalue weighted by molar-refractivity contribution is 0.103. The summed E-state index contributed by atoms with van der Waals surface area (Å²) in [4.78, 5) is 22.5. The van der Waals surface area contributed by atoms with Gasteiger partial charge in [0.25, 0.3) is 0 Å². The van der Waals surface area contributed by atoms with Gasteiger partial charge in [0.15, 0.2) is 5.78 Å². The fourth-order valence-electron chi connectivity index (χ4n) is 6.19. The lowest BCUT2D eigenvalue weighted by Gasteiger charge is -2.44. The van der Waals surface area contributed by atoms with Crippen LogP contribution in [0.1, 0.15) is 65.9 Å². The summed E-state index contributed by atoms with van der Waals surface area (Å²) in [6, 6.07) is 12.6. The third-order valence-electron chi connectivity index (χ3n) is 8.59. The first-order chi connectivity index (χ1) is 17.9. The van der Waals surface area contributed by atoms with Gasteiger partial charge in [0.05, 0.1) is 29.5 Å². The Morgan fingerprint density at radius 3 is 2.57 bits per heavy atom. The highest BCUT2D eigenvalue weighted by molar-refractivity contribution is 6.20. The van der Waals surface area contributed by atoms with Gasteiger partial charge >= 0.3 is 0 Å². The van der Waals surface area contributed by atoms with Crippen molar-refractivity contribution in [2.45, 2.75) is 44.6 Å². The van der Waals surface area contributed by atoms with Gasteiger partial charge in [-0.3, -0.25) is 9.69 Å². The number of ketones is 1. The van der Waals surface area contributed by atoms with Crippen molar-refractivity contribution in [2.75, 3.05) is 51.4 Å². The average Bonchev–Trinajstić information content (AvgIpc) is 3.27. The quantitative estimate of drug-likeness (QED) is 0.500. The zero-order valence-corrected chi connectivity index (χ0v) is 21.9. The Morgan fingerprint density at radius 2 is 1.89 bits per heavy atom. The van der Waals surface area contributed by atoms with Crippen LogP contribution in [-0.2, 0) is 10.2 Å². The summed E-state index contributed by atoms with van der Waals surface area (Å²) in [7, 11) is 1.67. The molecule has 37 heavy (non-hydrogen) atoms. The van der Waals surface area contributed by atoms with Crippen LogP contribution in [0.25, 0.3) is 10.9 Å². The molecule has 1 aliphatic heterocycles. The maximum Gasteiger partial charge on any atom is 0.195 e. The van der Waals surface area contributed by atoms with E-state index in [0.717, 1.165) is 65.8 Å². The van der Waals surface area contributed by atoms with E-state index in [1.165, 1.54) is 19.3 Å². The van der Waals surface area contributed by atoms with Gasteiger partial charge in [-0.15, -0.1) is 0 Å². The van der Waals surface area contributed by atoms with E-state index in [1.54, 1.807) is 13.2 Å². The van der Waals surface area contributed by atoms with Gasteiger partial charge in [-0.1, -0.05) is 26.3 Å². The maximum atomic E-state index is 14.0. The van der Waals surface area contributed by atoms with Gasteiger partial charge in [0.1, 0.15) is 12.4 Å². The van der Waals surface area contributed by atoms with Crippen LogP contribution in [0.15, 0.2) is 30.3 Å². The minimum absolute atomic E-state index is 0.00164. The average molecular weight is 499 g/mol. The van der Waals surface area contributed by atoms with Crippen molar-refractivity contribution in [3.8, 4) is 11.8 Å². The van der Waals surface area contributed by atoms with Crippen LogP contribution in [0.4, 0.5) is 5.69 Å². The molecule has 0 atom stereocenters. The number of rotatable bonds is 6. The Labute approximate surface area is 218 Å². The molecule has 1 N–H and O–H groups in total. The molecule has 2 aliphatic carbocycles. The molecule has 0 amide bonds. The molecule has 2 heterocycles. The molecule has 0 bridgehead atoms. The number of methoxy groups -OCH3 is 1. The number of H-pyrrole nitrogens is 1. The molecule has 3 aliphatic rings. The second-order valence-electron chi connectivity index (χ2n) is 11.0. The van der Waals surface area contributed by atoms with Crippen molar-refractivity contribution in [3.05, 3.63) is 58.3 Å². The Balaban J connectivity index is 1.42. The summed E-state index contributed by atoms with van der Waals surface area (Å²) < 4.78 is 11.5. The molecule has 2 fully saturated rings. The smallest absolute Gasteiger partial charge is 0.195 e. The van der Waals surface area contributed by atoms with E-state index in [4.69, 9.17) is 9.47 Å². The van der Waals surface area contributed by atoms with Crippen LogP contribution in [-0.4, -0.2) is 68.2 Å². The highest BCUT2D eigenvalue weighted by Crippen LogP contribution is 2.47. The zero-order chi connectivity index (χ0) is 25.7. The molecule has 192 valence electrons. The van der Waals surface area contributed by atoms with Crippen LogP contribution in [0.2, 0.25) is 0 Å². The minimum atomic E-state index is -0.419. The molecule has 6 rings (SSSR count). The number of hydrogen-bond donors (Lipinski definition) is 1. The standard InChI is InChI=1S/C30H34N4O3/c1-30(2)23-17-25(34-11-9-33(10-12-34)20-5-4-6-20)26(37-14-13-36-3)16-22(23)28(35)27-21-8-7-19(18-31)15-24(21)32-29(27)30/h7-8,15-17,20,32H,4-6,9-14H2,1-3H3. The van der Waals surface area contributed by atoms with Crippen LogP contribution >= 0.6 is 0 Å². The van der Waals surface area contributed by atoms with Crippen molar-refractivity contribution in [2.24, 2.45) is 0 Å². The van der Waals surface area contributed by atoms with Gasteiger partial charge in [-0.25, -0.2) is 0 Å². The molecule has 1 saturated heterocycles. The van der Waals surface area contributed by atoms with Crippen LogP contribution in [0.5, 0.6) is 5.75 Å². The van der Waals surface area contributed by atoms with E-state index < -0.39 is 5.41 Å². The Morgan fingerprint density at radius 1 is 1.11 bits per heavy atom. The molecular formula is C30H34N4O3. The number of aromatic amines is 1. The fourth-order valence-corrected chi connectivity index (χ4v) is 6.19. The number of anilines is 1. The highest BCUT2D eigenvalue weighted by Gasteiger charge is 2.41. The summed E-state index contributed by atoms with van der Waals surface area (Å²) >= 11 is 0. The fraction of sp³-hybridized carbons (Fsp3) is 0.467. The largest absolute Gasteiger partial charge is 0.489 e. The van der Waals surface area contributed by atoms with Crippen LogP contribution < -0.4 is 9.64 Å². The zero-order valence-electron chi connectivity index (χ0n) is 21.9. The van der Waals surface area contributed by atoms with Crippen molar-refractivity contribution < 1.29 is 14.3 Å². The Bertz CT molecular complexity index is 1400. The van der Waals surface area contributed by atoms with E-state index in [9.17, 15) is 10.1 Å². The van der Waals surface area contributed by atoms with Crippen molar-refractivity contribution in [1.82, 2.24) is 9.88 Å². The molecular weight excluding hydrogens is 464 g/mol. The van der Waals surface area contributed by atoms with Gasteiger partial charge in [0, 0.05) is 66.9 Å². The van der Waals surface area contributed by atoms with Gasteiger partial charge < -0.3 is 19.4 Å². The Kier molecular flexibility index (Phi) is 5.97. The second kappa shape index (κ2) is 9.20. The number of nitrogens with zero attached hydrogens (tertiary/aromatic N) is 3. The normalized spacial score (nSPS) is 19.3. The summed E-state index contributed by atoms with van der Waals surface area (Å²) in [6.45, 7) is 9.24. The number of nitriles is 1. The van der Waals surface area contributed by atoms with E-state index in [1.807, 2.05) is 18.2 Å². The lowest BCUT2D eigenvalue weighted by Crippen LogP contribution is -2.52. The monoisotopic (exact) mass is 498 g/mol. The highest BCUT2D eigenvalue weighted by atomic mass is 16.5. The molecule has 1 saturated carbocycles. The topological polar surface area (TPSA) is 81.6 Å². The van der Waals surface area contributed by atoms with Crippen molar-refractivity contribution in [1.29, 1.82) is 5.26 Å². The number of hydrogen-bond acceptors (Lipinski definition) is 6. The third kappa shape index (κ3) is 3.91.